The van der Waals surface area contributed by atoms with Crippen LogP contribution in [0.25, 0.3) is 0 Å². The Labute approximate surface area is 65.8 Å². The molecule has 0 heterocycles. The molecule has 0 atom stereocenters. The third-order valence-corrected chi connectivity index (χ3v) is 1.37. The SMILES string of the molecule is CCCCCCNC(=O)OF. The molecule has 0 spiro atoms. The maximum absolute atomic E-state index is 11.0. The first-order chi connectivity index (χ1) is 5.31. The summed E-state index contributed by atoms with van der Waals surface area (Å²) in [5.41, 5.74) is 0. The molecule has 0 aromatic rings. The van der Waals surface area contributed by atoms with Crippen LogP contribution in [0.4, 0.5) is 9.32 Å². The van der Waals surface area contributed by atoms with Crippen LogP contribution in [0.5, 0.6) is 0 Å². The smallest absolute Gasteiger partial charge is 0.319 e. The Morgan fingerprint density at radius 2 is 2.18 bits per heavy atom. The minimum Gasteiger partial charge on any atom is -0.319 e. The Kier molecular flexibility index (Phi) is 6.78. The van der Waals surface area contributed by atoms with Crippen LogP contribution in [0.3, 0.4) is 0 Å². The van der Waals surface area contributed by atoms with Crippen LogP contribution in [0.15, 0.2) is 0 Å². The molecule has 0 aromatic carbocycles. The van der Waals surface area contributed by atoms with Crippen molar-refractivity contribution in [2.75, 3.05) is 6.54 Å². The fourth-order valence-electron chi connectivity index (χ4n) is 0.770. The average Bonchev–Trinajstić information content (AvgIpc) is 2.04. The molecule has 0 aliphatic carbocycles. The molecular formula is C7H14FNO2. The molecule has 11 heavy (non-hydrogen) atoms. The van der Waals surface area contributed by atoms with Crippen LogP contribution in [0.2, 0.25) is 0 Å². The predicted molar refractivity (Wildman–Crippen MR) is 39.7 cm³/mol. The van der Waals surface area contributed by atoms with Gasteiger partial charge in [-0.25, -0.2) is 9.74 Å². The van der Waals surface area contributed by atoms with Crippen LogP contribution in [-0.4, -0.2) is 12.6 Å². The van der Waals surface area contributed by atoms with E-state index >= 15 is 0 Å². The fraction of sp³-hybridized carbons (Fsp3) is 0.857. The van der Waals surface area contributed by atoms with Crippen LogP contribution in [0.1, 0.15) is 32.6 Å². The number of rotatable bonds is 5. The standard InChI is InChI=1S/C7H14FNO2/c1-2-3-4-5-6-9-7(10)11-8/h2-6H2,1H3,(H,9,10). The lowest BCUT2D eigenvalue weighted by molar-refractivity contribution is -0.0622. The molecule has 0 aliphatic rings. The Hall–Kier alpha value is -0.800. The fourth-order valence-corrected chi connectivity index (χ4v) is 0.770. The number of nitrogens with one attached hydrogen (secondary N) is 1. The van der Waals surface area contributed by atoms with Crippen LogP contribution >= 0.6 is 0 Å². The molecule has 66 valence electrons. The molecular weight excluding hydrogens is 149 g/mol. The maximum atomic E-state index is 11.0. The van der Waals surface area contributed by atoms with Crippen molar-refractivity contribution in [1.29, 1.82) is 0 Å². The Morgan fingerprint density at radius 1 is 1.45 bits per heavy atom. The first kappa shape index (κ1) is 10.2. The van der Waals surface area contributed by atoms with E-state index in [1.54, 1.807) is 0 Å². The number of hydrogen-bond acceptors (Lipinski definition) is 2. The lowest BCUT2D eigenvalue weighted by Gasteiger charge is -1.99. The molecule has 3 nitrogen and oxygen atoms in total. The number of amides is 1. The molecule has 0 radical (unpaired) electrons. The largest absolute Gasteiger partial charge is 0.444 e. The van der Waals surface area contributed by atoms with Crippen molar-refractivity contribution < 1.29 is 14.3 Å². The van der Waals surface area contributed by atoms with Gasteiger partial charge in [0, 0.05) is 11.1 Å². The number of unbranched alkanes of at least 4 members (excludes halogenated alkanes) is 3. The van der Waals surface area contributed by atoms with Gasteiger partial charge in [0.2, 0.25) is 0 Å². The molecule has 0 saturated carbocycles. The highest BCUT2D eigenvalue weighted by atomic mass is 19.3. The van der Waals surface area contributed by atoms with E-state index in [0.29, 0.717) is 6.54 Å². The quantitative estimate of drug-likeness (QED) is 0.631. The van der Waals surface area contributed by atoms with Gasteiger partial charge in [0.25, 0.3) is 0 Å². The van der Waals surface area contributed by atoms with E-state index in [1.807, 2.05) is 0 Å². The Bertz CT molecular complexity index is 109. The van der Waals surface area contributed by atoms with Gasteiger partial charge in [0.15, 0.2) is 0 Å². The normalized spacial score (nSPS) is 9.27. The van der Waals surface area contributed by atoms with Crippen molar-refractivity contribution in [3.8, 4) is 0 Å². The van der Waals surface area contributed by atoms with Crippen molar-refractivity contribution >= 4 is 6.09 Å². The number of carbonyl (C=O) groups is 1. The maximum Gasteiger partial charge on any atom is 0.444 e. The zero-order valence-corrected chi connectivity index (χ0v) is 6.73. The molecule has 0 fully saturated rings. The van der Waals surface area contributed by atoms with Gasteiger partial charge >= 0.3 is 6.09 Å². The minimum absolute atomic E-state index is 0.489. The van der Waals surface area contributed by atoms with Crippen molar-refractivity contribution in [3.63, 3.8) is 0 Å². The third-order valence-electron chi connectivity index (χ3n) is 1.37. The summed E-state index contributed by atoms with van der Waals surface area (Å²) in [6, 6.07) is 0. The van der Waals surface area contributed by atoms with Gasteiger partial charge in [-0.1, -0.05) is 26.2 Å². The van der Waals surface area contributed by atoms with Gasteiger partial charge in [-0.15, -0.1) is 0 Å². The van der Waals surface area contributed by atoms with E-state index in [-0.39, 0.29) is 0 Å². The molecule has 4 heteroatoms. The second-order valence-corrected chi connectivity index (χ2v) is 2.35. The van der Waals surface area contributed by atoms with E-state index in [9.17, 15) is 9.32 Å². The van der Waals surface area contributed by atoms with E-state index in [0.717, 1.165) is 25.7 Å². The topological polar surface area (TPSA) is 38.3 Å². The number of hydrogen-bond donors (Lipinski definition) is 1. The molecule has 0 rings (SSSR count). The summed E-state index contributed by atoms with van der Waals surface area (Å²) >= 11 is 0. The predicted octanol–water partition coefficient (Wildman–Crippen LogP) is 2.18. The van der Waals surface area contributed by atoms with Crippen molar-refractivity contribution in [1.82, 2.24) is 5.32 Å². The van der Waals surface area contributed by atoms with E-state index in [2.05, 4.69) is 17.2 Å². The third kappa shape index (κ3) is 7.09. The van der Waals surface area contributed by atoms with Gasteiger partial charge in [-0.3, -0.25) is 0 Å². The first-order valence-electron chi connectivity index (χ1n) is 3.87. The molecule has 0 saturated heterocycles. The molecule has 0 bridgehead atoms. The van der Waals surface area contributed by atoms with Crippen LogP contribution < -0.4 is 5.32 Å². The number of halogens is 1. The summed E-state index contributed by atoms with van der Waals surface area (Å²) in [6.07, 6.45) is 3.23. The van der Waals surface area contributed by atoms with Crippen molar-refractivity contribution in [3.05, 3.63) is 0 Å². The van der Waals surface area contributed by atoms with Gasteiger partial charge in [0.1, 0.15) is 0 Å². The zero-order valence-electron chi connectivity index (χ0n) is 6.73. The first-order valence-corrected chi connectivity index (χ1v) is 3.87. The highest BCUT2D eigenvalue weighted by molar-refractivity contribution is 5.66. The van der Waals surface area contributed by atoms with Gasteiger partial charge in [0.05, 0.1) is 0 Å². The molecule has 1 amide bonds. The second kappa shape index (κ2) is 7.31. The zero-order chi connectivity index (χ0) is 8.53. The summed E-state index contributed by atoms with van der Waals surface area (Å²) in [5, 5.41) is 2.26. The molecule has 1 N–H and O–H groups in total. The Morgan fingerprint density at radius 3 is 2.73 bits per heavy atom. The highest BCUT2D eigenvalue weighted by Crippen LogP contribution is 1.96. The monoisotopic (exact) mass is 163 g/mol. The van der Waals surface area contributed by atoms with Gasteiger partial charge in [-0.05, 0) is 6.42 Å². The summed E-state index contributed by atoms with van der Waals surface area (Å²) in [5.74, 6) is 0. The van der Waals surface area contributed by atoms with Crippen molar-refractivity contribution in [2.45, 2.75) is 32.6 Å². The van der Waals surface area contributed by atoms with Gasteiger partial charge in [-0.2, -0.15) is 0 Å². The van der Waals surface area contributed by atoms with Crippen molar-refractivity contribution in [2.24, 2.45) is 0 Å². The summed E-state index contributed by atoms with van der Waals surface area (Å²) in [7, 11) is 0. The molecule has 0 unspecified atom stereocenters. The Balaban J connectivity index is 2.95. The average molecular weight is 163 g/mol. The summed E-state index contributed by atoms with van der Waals surface area (Å²) in [4.78, 5) is 13.0. The van der Waals surface area contributed by atoms with E-state index in [4.69, 9.17) is 0 Å². The summed E-state index contributed by atoms with van der Waals surface area (Å²) < 4.78 is 11.0. The van der Waals surface area contributed by atoms with Crippen LogP contribution in [-0.2, 0) is 4.94 Å². The lowest BCUT2D eigenvalue weighted by Crippen LogP contribution is -2.22. The molecule has 0 aromatic heterocycles. The highest BCUT2D eigenvalue weighted by Gasteiger charge is 1.98. The minimum atomic E-state index is -0.999. The molecule has 0 aliphatic heterocycles. The second-order valence-electron chi connectivity index (χ2n) is 2.35. The van der Waals surface area contributed by atoms with E-state index in [1.165, 1.54) is 0 Å². The summed E-state index contributed by atoms with van der Waals surface area (Å²) in [6.45, 7) is 2.59. The van der Waals surface area contributed by atoms with Crippen LogP contribution in [0, 0.1) is 0 Å². The van der Waals surface area contributed by atoms with E-state index < -0.39 is 6.09 Å². The van der Waals surface area contributed by atoms with Gasteiger partial charge < -0.3 is 5.32 Å². The lowest BCUT2D eigenvalue weighted by atomic mass is 10.2. The number of carbonyl (C=O) groups excluding carboxylic acids is 1.